The molecule has 1 aliphatic rings. The molecular formula is C14H18F3NO. The van der Waals surface area contributed by atoms with Gasteiger partial charge in [0.15, 0.2) is 0 Å². The van der Waals surface area contributed by atoms with Crippen LogP contribution in [-0.4, -0.2) is 19.8 Å². The maximum absolute atomic E-state index is 12.4. The summed E-state index contributed by atoms with van der Waals surface area (Å²) in [6, 6.07) is 5.32. The number of nitrogens with one attached hydrogen (secondary N) is 1. The van der Waals surface area contributed by atoms with Gasteiger partial charge in [0, 0.05) is 19.8 Å². The molecule has 2 nitrogen and oxygen atoms in total. The SMILES string of the molecule is FC(F)(F)c1ccc(CNCC2CCOCC2)cc1. The highest BCUT2D eigenvalue weighted by Crippen LogP contribution is 2.29. The van der Waals surface area contributed by atoms with Gasteiger partial charge in [-0.3, -0.25) is 0 Å². The van der Waals surface area contributed by atoms with Gasteiger partial charge in [-0.05, 0) is 43.0 Å². The lowest BCUT2D eigenvalue weighted by molar-refractivity contribution is -0.137. The Morgan fingerprint density at radius 3 is 2.32 bits per heavy atom. The van der Waals surface area contributed by atoms with Crippen LogP contribution < -0.4 is 5.32 Å². The lowest BCUT2D eigenvalue weighted by Crippen LogP contribution is -2.27. The van der Waals surface area contributed by atoms with Gasteiger partial charge in [0.2, 0.25) is 0 Å². The molecule has 5 heteroatoms. The molecule has 1 fully saturated rings. The number of hydrogen-bond donors (Lipinski definition) is 1. The first-order chi connectivity index (χ1) is 9.05. The standard InChI is InChI=1S/C14H18F3NO/c15-14(16,17)13-3-1-11(2-4-13)9-18-10-12-5-7-19-8-6-12/h1-4,12,18H,5-10H2. The molecule has 19 heavy (non-hydrogen) atoms. The zero-order valence-electron chi connectivity index (χ0n) is 10.7. The van der Waals surface area contributed by atoms with Crippen molar-refractivity contribution in [2.75, 3.05) is 19.8 Å². The fourth-order valence-corrected chi connectivity index (χ4v) is 2.18. The molecule has 1 N–H and O–H groups in total. The van der Waals surface area contributed by atoms with Gasteiger partial charge in [-0.15, -0.1) is 0 Å². The third-order valence-electron chi connectivity index (χ3n) is 3.38. The molecule has 0 amide bonds. The van der Waals surface area contributed by atoms with E-state index in [-0.39, 0.29) is 0 Å². The summed E-state index contributed by atoms with van der Waals surface area (Å²) in [5.74, 6) is 0.614. The second-order valence-electron chi connectivity index (χ2n) is 4.88. The van der Waals surface area contributed by atoms with Gasteiger partial charge in [0.25, 0.3) is 0 Å². The van der Waals surface area contributed by atoms with Crippen molar-refractivity contribution in [2.45, 2.75) is 25.6 Å². The molecule has 1 aromatic carbocycles. The van der Waals surface area contributed by atoms with Crippen LogP contribution in [0.3, 0.4) is 0 Å². The lowest BCUT2D eigenvalue weighted by Gasteiger charge is -2.22. The summed E-state index contributed by atoms with van der Waals surface area (Å²) in [5, 5.41) is 3.29. The summed E-state index contributed by atoms with van der Waals surface area (Å²) in [7, 11) is 0. The largest absolute Gasteiger partial charge is 0.416 e. The molecule has 0 saturated carbocycles. The van der Waals surface area contributed by atoms with E-state index in [1.54, 1.807) is 0 Å². The highest BCUT2D eigenvalue weighted by molar-refractivity contribution is 5.24. The summed E-state index contributed by atoms with van der Waals surface area (Å²) in [5.41, 5.74) is 0.278. The maximum Gasteiger partial charge on any atom is 0.416 e. The van der Waals surface area contributed by atoms with Gasteiger partial charge < -0.3 is 10.1 Å². The summed E-state index contributed by atoms with van der Waals surface area (Å²) < 4.78 is 42.4. The number of alkyl halides is 3. The molecule has 106 valence electrons. The summed E-state index contributed by atoms with van der Waals surface area (Å²) in [6.45, 7) is 3.12. The first kappa shape index (κ1) is 14.3. The van der Waals surface area contributed by atoms with E-state index in [4.69, 9.17) is 4.74 Å². The van der Waals surface area contributed by atoms with Gasteiger partial charge in [-0.1, -0.05) is 12.1 Å². The van der Waals surface area contributed by atoms with Crippen molar-refractivity contribution in [1.82, 2.24) is 5.32 Å². The highest BCUT2D eigenvalue weighted by atomic mass is 19.4. The predicted octanol–water partition coefficient (Wildman–Crippen LogP) is 3.22. The average molecular weight is 273 g/mol. The van der Waals surface area contributed by atoms with Crippen LogP contribution in [0.4, 0.5) is 13.2 Å². The Hall–Kier alpha value is -1.07. The molecule has 0 unspecified atom stereocenters. The van der Waals surface area contributed by atoms with Crippen LogP contribution in [0.25, 0.3) is 0 Å². The highest BCUT2D eigenvalue weighted by Gasteiger charge is 2.29. The minimum atomic E-state index is -4.26. The van der Waals surface area contributed by atoms with Crippen LogP contribution in [0, 0.1) is 5.92 Å². The Labute approximate surface area is 111 Å². The van der Waals surface area contributed by atoms with Crippen LogP contribution in [0.2, 0.25) is 0 Å². The fourth-order valence-electron chi connectivity index (χ4n) is 2.18. The van der Waals surface area contributed by atoms with Crippen molar-refractivity contribution in [1.29, 1.82) is 0 Å². The van der Waals surface area contributed by atoms with Gasteiger partial charge in [-0.2, -0.15) is 13.2 Å². The van der Waals surface area contributed by atoms with Crippen LogP contribution in [0.15, 0.2) is 24.3 Å². The summed E-state index contributed by atoms with van der Waals surface area (Å²) in [6.07, 6.45) is -2.14. The van der Waals surface area contributed by atoms with Gasteiger partial charge in [-0.25, -0.2) is 0 Å². The Morgan fingerprint density at radius 1 is 1.11 bits per heavy atom. The topological polar surface area (TPSA) is 21.3 Å². The predicted molar refractivity (Wildman–Crippen MR) is 66.7 cm³/mol. The van der Waals surface area contributed by atoms with E-state index in [2.05, 4.69) is 5.32 Å². The average Bonchev–Trinajstić information content (AvgIpc) is 2.39. The normalized spacial score (nSPS) is 17.6. The van der Waals surface area contributed by atoms with Crippen LogP contribution in [-0.2, 0) is 17.5 Å². The molecule has 0 spiro atoms. The zero-order valence-corrected chi connectivity index (χ0v) is 10.7. The van der Waals surface area contributed by atoms with Crippen LogP contribution in [0.1, 0.15) is 24.0 Å². The molecule has 0 atom stereocenters. The summed E-state index contributed by atoms with van der Waals surface area (Å²) >= 11 is 0. The van der Waals surface area contributed by atoms with E-state index in [1.165, 1.54) is 12.1 Å². The molecular weight excluding hydrogens is 255 g/mol. The minimum Gasteiger partial charge on any atom is -0.381 e. The van der Waals surface area contributed by atoms with E-state index in [0.717, 1.165) is 50.3 Å². The molecule has 1 saturated heterocycles. The van der Waals surface area contributed by atoms with Crippen molar-refractivity contribution in [3.05, 3.63) is 35.4 Å². The monoisotopic (exact) mass is 273 g/mol. The number of halogens is 3. The number of rotatable bonds is 4. The smallest absolute Gasteiger partial charge is 0.381 e. The van der Waals surface area contributed by atoms with Crippen molar-refractivity contribution in [3.63, 3.8) is 0 Å². The molecule has 1 aromatic rings. The van der Waals surface area contributed by atoms with E-state index in [1.807, 2.05) is 0 Å². The molecule has 0 bridgehead atoms. The molecule has 1 aliphatic heterocycles. The number of ether oxygens (including phenoxy) is 1. The quantitative estimate of drug-likeness (QED) is 0.909. The summed E-state index contributed by atoms with van der Waals surface area (Å²) in [4.78, 5) is 0. The Kier molecular flexibility index (Phi) is 4.82. The van der Waals surface area contributed by atoms with Crippen molar-refractivity contribution in [3.8, 4) is 0 Å². The van der Waals surface area contributed by atoms with Crippen LogP contribution >= 0.6 is 0 Å². The molecule has 0 aliphatic carbocycles. The van der Waals surface area contributed by atoms with Crippen LogP contribution in [0.5, 0.6) is 0 Å². The Morgan fingerprint density at radius 2 is 1.74 bits per heavy atom. The molecule has 0 radical (unpaired) electrons. The van der Waals surface area contributed by atoms with Crippen molar-refractivity contribution >= 4 is 0 Å². The third-order valence-corrected chi connectivity index (χ3v) is 3.38. The fraction of sp³-hybridized carbons (Fsp3) is 0.571. The Bertz CT molecular complexity index is 383. The minimum absolute atomic E-state index is 0.597. The maximum atomic E-state index is 12.4. The number of benzene rings is 1. The van der Waals surface area contributed by atoms with E-state index in [9.17, 15) is 13.2 Å². The van der Waals surface area contributed by atoms with E-state index >= 15 is 0 Å². The first-order valence-corrected chi connectivity index (χ1v) is 6.50. The lowest BCUT2D eigenvalue weighted by atomic mass is 10.0. The molecule has 1 heterocycles. The van der Waals surface area contributed by atoms with E-state index < -0.39 is 11.7 Å². The van der Waals surface area contributed by atoms with Gasteiger partial charge >= 0.3 is 6.18 Å². The zero-order chi connectivity index (χ0) is 13.7. The van der Waals surface area contributed by atoms with Gasteiger partial charge in [0.1, 0.15) is 0 Å². The second-order valence-corrected chi connectivity index (χ2v) is 4.88. The number of hydrogen-bond acceptors (Lipinski definition) is 2. The van der Waals surface area contributed by atoms with E-state index in [0.29, 0.717) is 12.5 Å². The van der Waals surface area contributed by atoms with Crippen molar-refractivity contribution in [2.24, 2.45) is 5.92 Å². The van der Waals surface area contributed by atoms with Crippen molar-refractivity contribution < 1.29 is 17.9 Å². The second kappa shape index (κ2) is 6.39. The third kappa shape index (κ3) is 4.51. The van der Waals surface area contributed by atoms with Gasteiger partial charge in [0.05, 0.1) is 5.56 Å². The molecule has 0 aromatic heterocycles. The first-order valence-electron chi connectivity index (χ1n) is 6.50. The Balaban J connectivity index is 1.76. The molecule has 2 rings (SSSR count).